The van der Waals surface area contributed by atoms with E-state index in [1.165, 1.54) is 5.06 Å². The fraction of sp³-hybridized carbons (Fsp3) is 0.650. The molecule has 158 valence electrons. The zero-order chi connectivity index (χ0) is 20.4. The van der Waals surface area contributed by atoms with Crippen LogP contribution in [0.1, 0.15) is 57.8 Å². The van der Waals surface area contributed by atoms with Gasteiger partial charge in [0.05, 0.1) is 12.6 Å². The van der Waals surface area contributed by atoms with Gasteiger partial charge >= 0.3 is 5.97 Å². The molecule has 7 nitrogen and oxygen atoms in total. The molecule has 1 fully saturated rings. The number of aliphatic carboxylic acids is 1. The van der Waals surface area contributed by atoms with E-state index in [0.717, 1.165) is 50.7 Å². The summed E-state index contributed by atoms with van der Waals surface area (Å²) >= 11 is 5.85. The molecule has 2 rings (SSSR count). The van der Waals surface area contributed by atoms with Crippen LogP contribution in [-0.2, 0) is 4.79 Å². The normalized spacial score (nSPS) is 22.5. The largest absolute Gasteiger partial charge is 0.633 e. The lowest BCUT2D eigenvalue weighted by molar-refractivity contribution is -0.869. The predicted octanol–water partition coefficient (Wildman–Crippen LogP) is 3.10. The van der Waals surface area contributed by atoms with Crippen LogP contribution in [0.15, 0.2) is 24.3 Å². The standard InChI is InChI=1S/C20H31ClN2O5/c21-16-10-12-17(13-11-16)28-14-6-5-8-19-18(22(26)15-23(19)27)7-3-1-2-4-9-20(24)25/h10-13,18-19,22,27H,1-9,14-15H2,(H,24,25). The van der Waals surface area contributed by atoms with Crippen molar-refractivity contribution in [3.05, 3.63) is 34.5 Å². The van der Waals surface area contributed by atoms with E-state index < -0.39 is 5.97 Å². The van der Waals surface area contributed by atoms with Gasteiger partial charge in [0.1, 0.15) is 11.8 Å². The van der Waals surface area contributed by atoms with Gasteiger partial charge in [-0.15, -0.1) is 5.06 Å². The molecule has 0 saturated carbocycles. The first-order chi connectivity index (χ1) is 13.5. The molecule has 0 aromatic heterocycles. The fourth-order valence-electron chi connectivity index (χ4n) is 3.69. The van der Waals surface area contributed by atoms with Gasteiger partial charge in [0.25, 0.3) is 0 Å². The van der Waals surface area contributed by atoms with Crippen LogP contribution in [0.25, 0.3) is 0 Å². The number of carboxylic acid groups (broad SMARTS) is 1. The molecule has 1 aromatic rings. The molecule has 1 saturated heterocycles. The summed E-state index contributed by atoms with van der Waals surface area (Å²) in [6.07, 6.45) is 6.79. The summed E-state index contributed by atoms with van der Waals surface area (Å²) in [6.45, 7) is 0.692. The van der Waals surface area contributed by atoms with E-state index in [4.69, 9.17) is 21.4 Å². The summed E-state index contributed by atoms with van der Waals surface area (Å²) in [4.78, 5) is 10.5. The Labute approximate surface area is 171 Å². The van der Waals surface area contributed by atoms with E-state index in [2.05, 4.69) is 0 Å². The first-order valence-corrected chi connectivity index (χ1v) is 10.4. The summed E-state index contributed by atoms with van der Waals surface area (Å²) in [5.74, 6) is 0.0204. The van der Waals surface area contributed by atoms with E-state index in [1.807, 2.05) is 12.1 Å². The van der Waals surface area contributed by atoms with Gasteiger partial charge in [-0.25, -0.2) is 0 Å². The van der Waals surface area contributed by atoms with Gasteiger partial charge < -0.3 is 25.3 Å². The topological polar surface area (TPSA) is 97.5 Å². The molecule has 1 aromatic carbocycles. The molecule has 3 unspecified atom stereocenters. The summed E-state index contributed by atoms with van der Waals surface area (Å²) in [6, 6.07) is 7.00. The van der Waals surface area contributed by atoms with Gasteiger partial charge in [-0.05, 0) is 56.4 Å². The zero-order valence-corrected chi connectivity index (χ0v) is 16.9. The molecule has 0 aliphatic carbocycles. The Hall–Kier alpha value is -1.38. The van der Waals surface area contributed by atoms with Crippen molar-refractivity contribution in [2.24, 2.45) is 0 Å². The van der Waals surface area contributed by atoms with Crippen molar-refractivity contribution in [3.8, 4) is 5.75 Å². The number of nitrogens with one attached hydrogen (secondary N) is 1. The zero-order valence-electron chi connectivity index (χ0n) is 16.2. The number of nitrogens with zero attached hydrogens (tertiary/aromatic N) is 1. The summed E-state index contributed by atoms with van der Waals surface area (Å²) < 4.78 is 5.68. The van der Waals surface area contributed by atoms with E-state index in [-0.39, 0.29) is 30.2 Å². The Balaban J connectivity index is 1.63. The highest BCUT2D eigenvalue weighted by atomic mass is 35.5. The minimum atomic E-state index is -0.762. The maximum atomic E-state index is 12.2. The number of benzene rings is 1. The van der Waals surface area contributed by atoms with Crippen LogP contribution in [0.5, 0.6) is 5.75 Å². The monoisotopic (exact) mass is 414 g/mol. The molecule has 3 atom stereocenters. The van der Waals surface area contributed by atoms with Crippen molar-refractivity contribution in [2.45, 2.75) is 69.9 Å². The molecular formula is C20H31ClN2O5. The number of hydroxylamine groups is 4. The first-order valence-electron chi connectivity index (χ1n) is 10.1. The Morgan fingerprint density at radius 2 is 1.82 bits per heavy atom. The number of carboxylic acids is 1. The minimum absolute atomic E-state index is 0.107. The third-order valence-electron chi connectivity index (χ3n) is 5.21. The summed E-state index contributed by atoms with van der Waals surface area (Å²) in [5, 5.41) is 32.9. The van der Waals surface area contributed by atoms with Gasteiger partial charge in [0.2, 0.25) is 0 Å². The quantitative estimate of drug-likeness (QED) is 0.339. The smallest absolute Gasteiger partial charge is 0.303 e. The number of rotatable bonds is 13. The van der Waals surface area contributed by atoms with Crippen LogP contribution in [0.4, 0.5) is 0 Å². The molecule has 28 heavy (non-hydrogen) atoms. The van der Waals surface area contributed by atoms with Crippen molar-refractivity contribution in [1.82, 2.24) is 5.06 Å². The van der Waals surface area contributed by atoms with Crippen molar-refractivity contribution < 1.29 is 24.9 Å². The van der Waals surface area contributed by atoms with Crippen LogP contribution < -0.4 is 9.80 Å². The molecule has 1 aliphatic rings. The highest BCUT2D eigenvalue weighted by Crippen LogP contribution is 2.19. The number of unbranched alkanes of at least 4 members (excludes halogenated alkanes) is 4. The molecule has 1 aliphatic heterocycles. The fourth-order valence-corrected chi connectivity index (χ4v) is 3.82. The second kappa shape index (κ2) is 12.2. The Bertz CT molecular complexity index is 586. The highest BCUT2D eigenvalue weighted by molar-refractivity contribution is 6.30. The third-order valence-corrected chi connectivity index (χ3v) is 5.46. The van der Waals surface area contributed by atoms with Crippen molar-refractivity contribution in [3.63, 3.8) is 0 Å². The maximum absolute atomic E-state index is 12.2. The van der Waals surface area contributed by atoms with Gasteiger partial charge in [0, 0.05) is 17.9 Å². The molecule has 0 radical (unpaired) electrons. The maximum Gasteiger partial charge on any atom is 0.303 e. The highest BCUT2D eigenvalue weighted by Gasteiger charge is 2.38. The average Bonchev–Trinajstić information content (AvgIpc) is 2.92. The Morgan fingerprint density at radius 1 is 1.14 bits per heavy atom. The lowest BCUT2D eigenvalue weighted by atomic mass is 9.97. The van der Waals surface area contributed by atoms with Crippen LogP contribution in [0.3, 0.4) is 0 Å². The van der Waals surface area contributed by atoms with Gasteiger partial charge in [-0.3, -0.25) is 4.79 Å². The van der Waals surface area contributed by atoms with E-state index in [0.29, 0.717) is 18.1 Å². The lowest BCUT2D eigenvalue weighted by Gasteiger charge is -2.26. The minimum Gasteiger partial charge on any atom is -0.633 e. The van der Waals surface area contributed by atoms with Crippen LogP contribution in [-0.4, -0.2) is 46.7 Å². The SMILES string of the molecule is O=C(O)CCCCCCC1C(CCCCOc2ccc(Cl)cc2)N(O)C[NH+]1[O-]. The first kappa shape index (κ1) is 22.9. The Kier molecular flexibility index (Phi) is 10.0. The molecule has 0 amide bonds. The second-order valence-corrected chi connectivity index (χ2v) is 7.82. The van der Waals surface area contributed by atoms with Gasteiger partial charge in [-0.2, -0.15) is 0 Å². The van der Waals surface area contributed by atoms with Crippen LogP contribution in [0, 0.1) is 5.21 Å². The molecule has 8 heteroatoms. The third kappa shape index (κ3) is 7.93. The lowest BCUT2D eigenvalue weighted by Crippen LogP contribution is -3.10. The molecular weight excluding hydrogens is 384 g/mol. The van der Waals surface area contributed by atoms with Crippen LogP contribution in [0.2, 0.25) is 5.02 Å². The van der Waals surface area contributed by atoms with Crippen molar-refractivity contribution >= 4 is 17.6 Å². The number of ether oxygens (including phenoxy) is 1. The molecule has 1 heterocycles. The van der Waals surface area contributed by atoms with Crippen LogP contribution >= 0.6 is 11.6 Å². The van der Waals surface area contributed by atoms with E-state index >= 15 is 0 Å². The van der Waals surface area contributed by atoms with E-state index in [9.17, 15) is 15.2 Å². The molecule has 0 spiro atoms. The predicted molar refractivity (Wildman–Crippen MR) is 107 cm³/mol. The molecule has 0 bridgehead atoms. The van der Waals surface area contributed by atoms with Gasteiger partial charge in [0.15, 0.2) is 6.67 Å². The summed E-state index contributed by atoms with van der Waals surface area (Å²) in [5.41, 5.74) is 0. The van der Waals surface area contributed by atoms with Crippen molar-refractivity contribution in [2.75, 3.05) is 13.3 Å². The number of carbonyl (C=O) groups is 1. The van der Waals surface area contributed by atoms with Gasteiger partial charge in [-0.1, -0.05) is 24.4 Å². The Morgan fingerprint density at radius 3 is 2.54 bits per heavy atom. The number of halogens is 1. The molecule has 3 N–H and O–H groups in total. The summed E-state index contributed by atoms with van der Waals surface area (Å²) in [7, 11) is 0. The average molecular weight is 415 g/mol. The second-order valence-electron chi connectivity index (χ2n) is 7.38. The number of hydrogen-bond donors (Lipinski definition) is 3. The van der Waals surface area contributed by atoms with Crippen molar-refractivity contribution in [1.29, 1.82) is 0 Å². The number of quaternary nitrogens is 1. The number of hydrogen-bond acceptors (Lipinski definition) is 5. The van der Waals surface area contributed by atoms with E-state index in [1.54, 1.807) is 12.1 Å².